The fourth-order valence-electron chi connectivity index (χ4n) is 1.58. The minimum Gasteiger partial charge on any atom is -0.298 e. The van der Waals surface area contributed by atoms with E-state index in [2.05, 4.69) is 18.2 Å². The molecular weight excluding hydrogens is 172 g/mol. The highest BCUT2D eigenvalue weighted by molar-refractivity contribution is 5.79. The predicted octanol–water partition coefficient (Wildman–Crippen LogP) is 3.23. The molecule has 1 aromatic carbocycles. The maximum Gasteiger partial charge on any atom is 0.150 e. The summed E-state index contributed by atoms with van der Waals surface area (Å²) in [5.41, 5.74) is 3.18. The highest BCUT2D eigenvalue weighted by Gasteiger charge is 2.00. The molecule has 0 saturated carbocycles. The summed E-state index contributed by atoms with van der Waals surface area (Å²) >= 11 is 0. The van der Waals surface area contributed by atoms with Crippen LogP contribution in [0.2, 0.25) is 0 Å². The van der Waals surface area contributed by atoms with Gasteiger partial charge in [0.15, 0.2) is 0 Å². The molecule has 1 aliphatic carbocycles. The molecule has 0 heterocycles. The fraction of sp³-hybridized carbons (Fsp3) is 0.154. The van der Waals surface area contributed by atoms with Gasteiger partial charge in [0.05, 0.1) is 0 Å². The lowest BCUT2D eigenvalue weighted by Crippen LogP contribution is -1.86. The highest BCUT2D eigenvalue weighted by atomic mass is 16.1. The van der Waals surface area contributed by atoms with Gasteiger partial charge in [-0.2, -0.15) is 0 Å². The van der Waals surface area contributed by atoms with Crippen molar-refractivity contribution in [2.24, 2.45) is 0 Å². The van der Waals surface area contributed by atoms with Crippen LogP contribution in [-0.2, 0) is 0 Å². The van der Waals surface area contributed by atoms with Gasteiger partial charge >= 0.3 is 0 Å². The summed E-state index contributed by atoms with van der Waals surface area (Å²) < 4.78 is 0. The van der Waals surface area contributed by atoms with E-state index in [0.717, 1.165) is 24.7 Å². The van der Waals surface area contributed by atoms with Crippen LogP contribution in [0, 0.1) is 0 Å². The molecular formula is C13H12O. The maximum absolute atomic E-state index is 10.5. The molecule has 0 unspecified atom stereocenters. The third-order valence-corrected chi connectivity index (χ3v) is 2.38. The quantitative estimate of drug-likeness (QED) is 0.645. The van der Waals surface area contributed by atoms with Crippen molar-refractivity contribution in [1.82, 2.24) is 0 Å². The Balaban J connectivity index is 2.28. The Morgan fingerprint density at radius 2 is 1.86 bits per heavy atom. The molecule has 2 rings (SSSR count). The molecule has 14 heavy (non-hydrogen) atoms. The van der Waals surface area contributed by atoms with Gasteiger partial charge in [-0.3, -0.25) is 4.79 Å². The van der Waals surface area contributed by atoms with Crippen molar-refractivity contribution < 1.29 is 4.79 Å². The fourth-order valence-corrected chi connectivity index (χ4v) is 1.58. The van der Waals surface area contributed by atoms with E-state index in [-0.39, 0.29) is 0 Å². The van der Waals surface area contributed by atoms with Gasteiger partial charge in [-0.15, -0.1) is 0 Å². The van der Waals surface area contributed by atoms with Gasteiger partial charge in [-0.1, -0.05) is 42.5 Å². The van der Waals surface area contributed by atoms with Gasteiger partial charge in [-0.25, -0.2) is 0 Å². The molecule has 0 spiro atoms. The van der Waals surface area contributed by atoms with Crippen LogP contribution in [0.4, 0.5) is 0 Å². The average molecular weight is 184 g/mol. The molecule has 0 atom stereocenters. The standard InChI is InChI=1S/C13H12O/c14-10-11-6-8-13(9-7-11)12-4-2-1-3-5-12/h2,4-10H,1,3H2. The topological polar surface area (TPSA) is 17.1 Å². The lowest BCUT2D eigenvalue weighted by Gasteiger charge is -2.06. The SMILES string of the molecule is O=Cc1ccc(C2=CCCC=C2)cc1. The monoisotopic (exact) mass is 184 g/mol. The first kappa shape index (κ1) is 8.95. The van der Waals surface area contributed by atoms with Gasteiger partial charge in [-0.05, 0) is 24.0 Å². The number of aldehydes is 1. The second-order valence-corrected chi connectivity index (χ2v) is 3.38. The van der Waals surface area contributed by atoms with Gasteiger partial charge in [0.2, 0.25) is 0 Å². The lowest BCUT2D eigenvalue weighted by molar-refractivity contribution is 0.112. The summed E-state index contributed by atoms with van der Waals surface area (Å²) in [7, 11) is 0. The Hall–Kier alpha value is -1.63. The molecule has 70 valence electrons. The molecule has 1 aliphatic rings. The molecule has 0 amide bonds. The van der Waals surface area contributed by atoms with Crippen molar-refractivity contribution >= 4 is 11.9 Å². The molecule has 0 N–H and O–H groups in total. The number of carbonyl (C=O) groups is 1. The molecule has 0 aromatic heterocycles. The summed E-state index contributed by atoms with van der Waals surface area (Å²) in [5, 5.41) is 0. The third kappa shape index (κ3) is 1.82. The van der Waals surface area contributed by atoms with Crippen molar-refractivity contribution in [3.8, 4) is 0 Å². The van der Waals surface area contributed by atoms with E-state index in [1.165, 1.54) is 11.1 Å². The molecule has 1 heteroatoms. The zero-order chi connectivity index (χ0) is 9.80. The largest absolute Gasteiger partial charge is 0.298 e. The lowest BCUT2D eigenvalue weighted by atomic mass is 9.99. The van der Waals surface area contributed by atoms with Gasteiger partial charge in [0.25, 0.3) is 0 Å². The van der Waals surface area contributed by atoms with E-state index >= 15 is 0 Å². The van der Waals surface area contributed by atoms with E-state index in [1.54, 1.807) is 0 Å². The molecule has 0 bridgehead atoms. The van der Waals surface area contributed by atoms with E-state index in [1.807, 2.05) is 24.3 Å². The van der Waals surface area contributed by atoms with Crippen molar-refractivity contribution in [2.75, 3.05) is 0 Å². The van der Waals surface area contributed by atoms with Crippen LogP contribution in [0.5, 0.6) is 0 Å². The number of allylic oxidation sites excluding steroid dienone is 4. The van der Waals surface area contributed by atoms with Crippen LogP contribution in [0.25, 0.3) is 5.57 Å². The number of hydrogen-bond donors (Lipinski definition) is 0. The number of benzene rings is 1. The molecule has 0 radical (unpaired) electrons. The second kappa shape index (κ2) is 4.05. The van der Waals surface area contributed by atoms with E-state index in [4.69, 9.17) is 0 Å². The normalized spacial score (nSPS) is 15.0. The summed E-state index contributed by atoms with van der Waals surface area (Å²) in [6, 6.07) is 7.69. The number of rotatable bonds is 2. The van der Waals surface area contributed by atoms with E-state index in [9.17, 15) is 4.79 Å². The van der Waals surface area contributed by atoms with Crippen molar-refractivity contribution in [3.63, 3.8) is 0 Å². The van der Waals surface area contributed by atoms with Crippen molar-refractivity contribution in [1.29, 1.82) is 0 Å². The smallest absolute Gasteiger partial charge is 0.150 e. The average Bonchev–Trinajstić information content (AvgIpc) is 2.30. The van der Waals surface area contributed by atoms with Crippen LogP contribution in [0.15, 0.2) is 42.5 Å². The van der Waals surface area contributed by atoms with Crippen LogP contribution in [-0.4, -0.2) is 6.29 Å². The molecule has 0 aliphatic heterocycles. The maximum atomic E-state index is 10.5. The van der Waals surface area contributed by atoms with Crippen LogP contribution >= 0.6 is 0 Å². The van der Waals surface area contributed by atoms with Crippen molar-refractivity contribution in [3.05, 3.63) is 53.6 Å². The van der Waals surface area contributed by atoms with Gasteiger partial charge in [0, 0.05) is 5.56 Å². The van der Waals surface area contributed by atoms with E-state index in [0.29, 0.717) is 0 Å². The molecule has 1 nitrogen and oxygen atoms in total. The van der Waals surface area contributed by atoms with Gasteiger partial charge in [0.1, 0.15) is 6.29 Å². The predicted molar refractivity (Wildman–Crippen MR) is 58.2 cm³/mol. The number of carbonyl (C=O) groups excluding carboxylic acids is 1. The zero-order valence-corrected chi connectivity index (χ0v) is 7.94. The minimum absolute atomic E-state index is 0.731. The molecule has 0 fully saturated rings. The van der Waals surface area contributed by atoms with E-state index < -0.39 is 0 Å². The highest BCUT2D eigenvalue weighted by Crippen LogP contribution is 2.21. The van der Waals surface area contributed by atoms with Crippen LogP contribution in [0.1, 0.15) is 28.8 Å². The Kier molecular flexibility index (Phi) is 2.59. The molecule has 1 aromatic rings. The Morgan fingerprint density at radius 1 is 1.07 bits per heavy atom. The molecule has 0 saturated heterocycles. The zero-order valence-electron chi connectivity index (χ0n) is 7.94. The first-order chi connectivity index (χ1) is 6.90. The first-order valence-corrected chi connectivity index (χ1v) is 4.82. The number of hydrogen-bond acceptors (Lipinski definition) is 1. The van der Waals surface area contributed by atoms with Crippen LogP contribution < -0.4 is 0 Å². The summed E-state index contributed by atoms with van der Waals surface area (Å²) in [6.45, 7) is 0. The summed E-state index contributed by atoms with van der Waals surface area (Å²) in [4.78, 5) is 10.5. The van der Waals surface area contributed by atoms with Crippen molar-refractivity contribution in [2.45, 2.75) is 12.8 Å². The summed E-state index contributed by atoms with van der Waals surface area (Å²) in [6.07, 6.45) is 9.67. The van der Waals surface area contributed by atoms with Crippen LogP contribution in [0.3, 0.4) is 0 Å². The Morgan fingerprint density at radius 3 is 2.43 bits per heavy atom. The Bertz CT molecular complexity index is 382. The minimum atomic E-state index is 0.731. The summed E-state index contributed by atoms with van der Waals surface area (Å²) in [5.74, 6) is 0. The van der Waals surface area contributed by atoms with Gasteiger partial charge < -0.3 is 0 Å². The Labute approximate surface area is 83.8 Å². The third-order valence-electron chi connectivity index (χ3n) is 2.38. The first-order valence-electron chi connectivity index (χ1n) is 4.82. The second-order valence-electron chi connectivity index (χ2n) is 3.38.